The van der Waals surface area contributed by atoms with Crippen molar-refractivity contribution >= 4 is 29.3 Å². The van der Waals surface area contributed by atoms with Gasteiger partial charge in [0.15, 0.2) is 0 Å². The summed E-state index contributed by atoms with van der Waals surface area (Å²) in [7, 11) is 1.87. The molecule has 1 saturated heterocycles. The third-order valence-electron chi connectivity index (χ3n) is 7.48. The zero-order chi connectivity index (χ0) is 27.9. The quantitative estimate of drug-likeness (QED) is 0.466. The lowest BCUT2D eigenvalue weighted by Gasteiger charge is -2.32. The van der Waals surface area contributed by atoms with E-state index in [9.17, 15) is 9.90 Å². The second kappa shape index (κ2) is 10.8. The minimum Gasteiger partial charge on any atom is -0.444 e. The van der Waals surface area contributed by atoms with E-state index >= 15 is 0 Å². The molecule has 2 aliphatic rings. The van der Waals surface area contributed by atoms with Gasteiger partial charge in [-0.2, -0.15) is 0 Å². The van der Waals surface area contributed by atoms with Crippen molar-refractivity contribution in [1.29, 1.82) is 0 Å². The first kappa shape index (κ1) is 27.4. The van der Waals surface area contributed by atoms with Gasteiger partial charge in [-0.05, 0) is 80.7 Å². The topological polar surface area (TPSA) is 83.7 Å². The van der Waals surface area contributed by atoms with E-state index in [2.05, 4.69) is 16.8 Å². The molecule has 2 unspecified atom stereocenters. The Balaban J connectivity index is 1.57. The van der Waals surface area contributed by atoms with E-state index < -0.39 is 11.7 Å². The number of aliphatic hydroxyl groups is 1. The number of imidazole rings is 1. The Morgan fingerprint density at radius 1 is 1.21 bits per heavy atom. The number of aryl methyl sites for hydroxylation is 1. The van der Waals surface area contributed by atoms with Gasteiger partial charge >= 0.3 is 6.09 Å². The van der Waals surface area contributed by atoms with E-state index in [1.165, 1.54) is 0 Å². The molecule has 0 spiro atoms. The molecule has 0 saturated carbocycles. The van der Waals surface area contributed by atoms with E-state index in [4.69, 9.17) is 21.3 Å². The lowest BCUT2D eigenvalue weighted by Crippen LogP contribution is -2.43. The van der Waals surface area contributed by atoms with Crippen LogP contribution in [0.3, 0.4) is 0 Å². The lowest BCUT2D eigenvalue weighted by molar-refractivity contribution is 0.0185. The summed E-state index contributed by atoms with van der Waals surface area (Å²) in [5.74, 6) is 0. The van der Waals surface area contributed by atoms with Crippen LogP contribution < -0.4 is 0 Å². The molecule has 8 nitrogen and oxygen atoms in total. The van der Waals surface area contributed by atoms with Gasteiger partial charge in [-0.15, -0.1) is 0 Å². The maximum Gasteiger partial charge on any atom is 0.410 e. The van der Waals surface area contributed by atoms with Crippen LogP contribution in [0.2, 0.25) is 5.02 Å². The number of pyridine rings is 1. The van der Waals surface area contributed by atoms with Crippen LogP contribution in [0.1, 0.15) is 74.3 Å². The molecule has 2 aromatic heterocycles. The molecular formula is C30H36ClN5O3. The van der Waals surface area contributed by atoms with Crippen molar-refractivity contribution in [2.24, 2.45) is 7.05 Å². The molecule has 5 rings (SSSR count). The summed E-state index contributed by atoms with van der Waals surface area (Å²) in [4.78, 5) is 26.3. The molecule has 1 amide bonds. The zero-order valence-electron chi connectivity index (χ0n) is 23.1. The Morgan fingerprint density at radius 3 is 2.72 bits per heavy atom. The first-order chi connectivity index (χ1) is 18.5. The fraction of sp³-hybridized carbons (Fsp3) is 0.433. The molecule has 1 aromatic carbocycles. The molecule has 39 heavy (non-hydrogen) atoms. The van der Waals surface area contributed by atoms with Gasteiger partial charge in [0.1, 0.15) is 11.7 Å². The van der Waals surface area contributed by atoms with Crippen molar-refractivity contribution in [2.45, 2.75) is 57.9 Å². The van der Waals surface area contributed by atoms with Gasteiger partial charge in [-0.3, -0.25) is 9.88 Å². The summed E-state index contributed by atoms with van der Waals surface area (Å²) >= 11 is 6.54. The Bertz CT molecular complexity index is 1400. The predicted octanol–water partition coefficient (Wildman–Crippen LogP) is 5.48. The van der Waals surface area contributed by atoms with Crippen LogP contribution in [0.15, 0.2) is 49.1 Å². The zero-order valence-corrected chi connectivity index (χ0v) is 23.9. The van der Waals surface area contributed by atoms with Gasteiger partial charge < -0.3 is 19.3 Å². The van der Waals surface area contributed by atoms with Crippen LogP contribution in [0.4, 0.5) is 4.79 Å². The van der Waals surface area contributed by atoms with E-state index in [1.807, 2.05) is 79.9 Å². The fourth-order valence-electron chi connectivity index (χ4n) is 5.50. The maximum atomic E-state index is 13.0. The van der Waals surface area contributed by atoms with E-state index in [-0.39, 0.29) is 18.2 Å². The van der Waals surface area contributed by atoms with Gasteiger partial charge in [0, 0.05) is 43.9 Å². The number of hydrogen-bond acceptors (Lipinski definition) is 6. The number of benzene rings is 1. The summed E-state index contributed by atoms with van der Waals surface area (Å²) < 4.78 is 7.54. The third-order valence-corrected chi connectivity index (χ3v) is 7.71. The van der Waals surface area contributed by atoms with Crippen molar-refractivity contribution in [1.82, 2.24) is 24.3 Å². The van der Waals surface area contributed by atoms with Crippen LogP contribution in [-0.2, 0) is 11.8 Å². The van der Waals surface area contributed by atoms with Crippen molar-refractivity contribution in [3.8, 4) is 0 Å². The fourth-order valence-corrected chi connectivity index (χ4v) is 5.68. The highest BCUT2D eigenvalue weighted by Crippen LogP contribution is 2.44. The minimum atomic E-state index is -0.909. The standard InChI is InChI=1S/C30H36ClN5O3/c1-19-10-12-35(13-14-36(19)29(38)39-30(2,3)4)27-22-9-8-21(31)16-23(22)24(15-20-7-6-11-33-26(20)27)28(37)25-17-32-18-34(25)5/h6-9,11,15-19,27-28,37H,10,12-14H2,1-5H3/t19-,27?,28?/m0/s1. The number of ether oxygens (including phenoxy) is 1. The highest BCUT2D eigenvalue weighted by atomic mass is 35.5. The van der Waals surface area contributed by atoms with E-state index in [1.54, 1.807) is 12.5 Å². The molecule has 0 radical (unpaired) electrons. The average molecular weight is 550 g/mol. The predicted molar refractivity (Wildman–Crippen MR) is 152 cm³/mol. The summed E-state index contributed by atoms with van der Waals surface area (Å²) in [5, 5.41) is 12.2. The number of aromatic nitrogens is 3. The molecule has 9 heteroatoms. The molecule has 206 valence electrons. The molecule has 1 fully saturated rings. The first-order valence-corrected chi connectivity index (χ1v) is 13.8. The Labute approximate surface area is 234 Å². The number of hydrogen-bond donors (Lipinski definition) is 1. The number of rotatable bonds is 3. The highest BCUT2D eigenvalue weighted by molar-refractivity contribution is 6.30. The van der Waals surface area contributed by atoms with Crippen LogP contribution >= 0.6 is 11.6 Å². The Morgan fingerprint density at radius 2 is 2.00 bits per heavy atom. The van der Waals surface area contributed by atoms with Crippen LogP contribution in [0, 0.1) is 0 Å². The maximum absolute atomic E-state index is 13.0. The normalized spacial score (nSPS) is 20.8. The first-order valence-electron chi connectivity index (χ1n) is 13.4. The van der Waals surface area contributed by atoms with E-state index in [0.717, 1.165) is 40.9 Å². The van der Waals surface area contributed by atoms with Crippen LogP contribution in [-0.4, -0.2) is 66.8 Å². The number of carbonyl (C=O) groups is 1. The molecular weight excluding hydrogens is 514 g/mol. The second-order valence-electron chi connectivity index (χ2n) is 11.4. The average Bonchev–Trinajstić information content (AvgIpc) is 3.13. The molecule has 0 bridgehead atoms. The number of aliphatic hydroxyl groups excluding tert-OH is 1. The number of amides is 1. The molecule has 1 aliphatic heterocycles. The van der Waals surface area contributed by atoms with Crippen molar-refractivity contribution in [3.05, 3.63) is 82.2 Å². The number of halogens is 1. The second-order valence-corrected chi connectivity index (χ2v) is 11.8. The summed E-state index contributed by atoms with van der Waals surface area (Å²) in [5.41, 5.74) is 4.61. The Hall–Kier alpha value is -3.20. The molecule has 3 heterocycles. The van der Waals surface area contributed by atoms with Gasteiger partial charge in [0.05, 0.1) is 30.0 Å². The van der Waals surface area contributed by atoms with Gasteiger partial charge in [0.25, 0.3) is 0 Å². The Kier molecular flexibility index (Phi) is 7.55. The van der Waals surface area contributed by atoms with Crippen molar-refractivity contribution in [2.75, 3.05) is 19.6 Å². The summed E-state index contributed by atoms with van der Waals surface area (Å²) in [6.07, 6.45) is 6.79. The highest BCUT2D eigenvalue weighted by Gasteiger charge is 2.36. The molecule has 3 aromatic rings. The summed E-state index contributed by atoms with van der Waals surface area (Å²) in [6.45, 7) is 9.69. The minimum absolute atomic E-state index is 0.0314. The van der Waals surface area contributed by atoms with Gasteiger partial charge in [-0.1, -0.05) is 23.7 Å². The van der Waals surface area contributed by atoms with Crippen LogP contribution in [0.25, 0.3) is 11.6 Å². The molecule has 1 N–H and O–H groups in total. The summed E-state index contributed by atoms with van der Waals surface area (Å²) in [6, 6.07) is 9.65. The molecule has 3 atom stereocenters. The van der Waals surface area contributed by atoms with Crippen molar-refractivity contribution < 1.29 is 14.6 Å². The van der Waals surface area contributed by atoms with Crippen molar-refractivity contribution in [3.63, 3.8) is 0 Å². The van der Waals surface area contributed by atoms with Gasteiger partial charge in [0.2, 0.25) is 0 Å². The van der Waals surface area contributed by atoms with Gasteiger partial charge in [-0.25, -0.2) is 9.78 Å². The smallest absolute Gasteiger partial charge is 0.410 e. The van der Waals surface area contributed by atoms with Crippen LogP contribution in [0.5, 0.6) is 0 Å². The number of carbonyl (C=O) groups excluding carboxylic acids is 1. The largest absolute Gasteiger partial charge is 0.444 e. The SMILES string of the molecule is C[C@H]1CCN(C2c3ccc(Cl)cc3C(C(O)c3cncn3C)=Cc3cccnc32)CCN1C(=O)OC(C)(C)C. The van der Waals surface area contributed by atoms with E-state index in [0.29, 0.717) is 23.8 Å². The third kappa shape index (κ3) is 5.60. The number of nitrogens with zero attached hydrogens (tertiary/aromatic N) is 5. The molecule has 1 aliphatic carbocycles. The number of fused-ring (bicyclic) bond motifs is 2. The lowest BCUT2D eigenvalue weighted by atomic mass is 9.91. The monoisotopic (exact) mass is 549 g/mol.